The van der Waals surface area contributed by atoms with Crippen LogP contribution < -0.4 is 10.2 Å². The molecule has 1 heterocycles. The molecule has 1 aromatic carbocycles. The lowest BCUT2D eigenvalue weighted by Gasteiger charge is -2.18. The summed E-state index contributed by atoms with van der Waals surface area (Å²) in [6, 6.07) is 10.3. The summed E-state index contributed by atoms with van der Waals surface area (Å²) in [7, 11) is 0. The fourth-order valence-electron chi connectivity index (χ4n) is 1.93. The first-order valence-corrected chi connectivity index (χ1v) is 7.17. The van der Waals surface area contributed by atoms with Crippen LogP contribution in [0.4, 0.5) is 11.6 Å². The molecule has 21 heavy (non-hydrogen) atoms. The molecule has 0 aliphatic carbocycles. The van der Waals surface area contributed by atoms with Crippen molar-refractivity contribution in [2.75, 3.05) is 23.3 Å². The number of rotatable bonds is 5. The van der Waals surface area contributed by atoms with Gasteiger partial charge in [0.15, 0.2) is 11.6 Å². The molecule has 5 nitrogen and oxygen atoms in total. The molecular formula is C15H17ClN4O. The number of aromatic nitrogens is 2. The average molecular weight is 305 g/mol. The predicted molar refractivity (Wildman–Crippen MR) is 85.0 cm³/mol. The number of carbonyl (C=O) groups excluding carboxylic acids is 1. The Hall–Kier alpha value is -2.14. The highest BCUT2D eigenvalue weighted by Crippen LogP contribution is 2.14. The Morgan fingerprint density at radius 3 is 2.52 bits per heavy atom. The monoisotopic (exact) mass is 304 g/mol. The number of nitrogens with one attached hydrogen (secondary N) is 1. The van der Waals surface area contributed by atoms with Crippen LogP contribution in [0, 0.1) is 0 Å². The molecule has 0 fully saturated rings. The van der Waals surface area contributed by atoms with Crippen molar-refractivity contribution < 1.29 is 4.79 Å². The third-order valence-electron chi connectivity index (χ3n) is 3.07. The molecule has 0 saturated carbocycles. The normalized spacial score (nSPS) is 10.2. The summed E-state index contributed by atoms with van der Waals surface area (Å²) in [5.41, 5.74) is 0.483. The number of amides is 1. The van der Waals surface area contributed by atoms with E-state index in [2.05, 4.69) is 34.3 Å². The van der Waals surface area contributed by atoms with E-state index < -0.39 is 0 Å². The van der Waals surface area contributed by atoms with E-state index >= 15 is 0 Å². The second-order valence-electron chi connectivity index (χ2n) is 4.41. The lowest BCUT2D eigenvalue weighted by atomic mass is 10.2. The molecule has 1 aromatic heterocycles. The molecule has 0 aliphatic rings. The molecule has 0 radical (unpaired) electrons. The SMILES string of the molecule is CCN(CC)c1ccc(NC(=O)c2cccc(Cl)c2)nn1. The maximum Gasteiger partial charge on any atom is 0.256 e. The van der Waals surface area contributed by atoms with E-state index in [0.29, 0.717) is 16.4 Å². The second kappa shape index (κ2) is 7.04. The summed E-state index contributed by atoms with van der Waals surface area (Å²) in [6.45, 7) is 5.83. The van der Waals surface area contributed by atoms with Gasteiger partial charge in [-0.3, -0.25) is 4.79 Å². The van der Waals surface area contributed by atoms with E-state index in [1.165, 1.54) is 0 Å². The summed E-state index contributed by atoms with van der Waals surface area (Å²) >= 11 is 5.87. The Bertz CT molecular complexity index is 611. The van der Waals surface area contributed by atoms with E-state index in [0.717, 1.165) is 18.9 Å². The molecule has 110 valence electrons. The first-order valence-electron chi connectivity index (χ1n) is 6.79. The summed E-state index contributed by atoms with van der Waals surface area (Å²) in [6.07, 6.45) is 0. The molecular weight excluding hydrogens is 288 g/mol. The quantitative estimate of drug-likeness (QED) is 0.921. The first kappa shape index (κ1) is 15.3. The maximum absolute atomic E-state index is 12.0. The standard InChI is InChI=1S/C15H17ClN4O/c1-3-20(4-2)14-9-8-13(18-19-14)17-15(21)11-6-5-7-12(16)10-11/h5-10H,3-4H2,1-2H3,(H,17,18,21). The van der Waals surface area contributed by atoms with Crippen molar-refractivity contribution in [3.8, 4) is 0 Å². The Kier molecular flexibility index (Phi) is 5.11. The smallest absolute Gasteiger partial charge is 0.256 e. The van der Waals surface area contributed by atoms with Crippen molar-refractivity contribution in [3.05, 3.63) is 47.0 Å². The Labute approximate surface area is 128 Å². The van der Waals surface area contributed by atoms with Crippen LogP contribution in [0.3, 0.4) is 0 Å². The van der Waals surface area contributed by atoms with Crippen LogP contribution in [0.25, 0.3) is 0 Å². The molecule has 6 heteroatoms. The van der Waals surface area contributed by atoms with Crippen molar-refractivity contribution in [2.45, 2.75) is 13.8 Å². The Morgan fingerprint density at radius 2 is 1.95 bits per heavy atom. The van der Waals surface area contributed by atoms with Gasteiger partial charge in [0.05, 0.1) is 0 Å². The topological polar surface area (TPSA) is 58.1 Å². The lowest BCUT2D eigenvalue weighted by Crippen LogP contribution is -2.23. The van der Waals surface area contributed by atoms with Crippen LogP contribution in [0.5, 0.6) is 0 Å². The molecule has 1 amide bonds. The number of anilines is 2. The van der Waals surface area contributed by atoms with Gasteiger partial charge in [-0.15, -0.1) is 10.2 Å². The summed E-state index contributed by atoms with van der Waals surface area (Å²) in [4.78, 5) is 14.1. The van der Waals surface area contributed by atoms with Gasteiger partial charge in [0.2, 0.25) is 0 Å². The van der Waals surface area contributed by atoms with Gasteiger partial charge in [-0.25, -0.2) is 0 Å². The van der Waals surface area contributed by atoms with Gasteiger partial charge in [-0.2, -0.15) is 0 Å². The maximum atomic E-state index is 12.0. The van der Waals surface area contributed by atoms with Crippen LogP contribution in [0.15, 0.2) is 36.4 Å². The second-order valence-corrected chi connectivity index (χ2v) is 4.85. The predicted octanol–water partition coefficient (Wildman–Crippen LogP) is 3.23. The van der Waals surface area contributed by atoms with Gasteiger partial charge < -0.3 is 10.2 Å². The summed E-state index contributed by atoms with van der Waals surface area (Å²) in [5, 5.41) is 11.4. The molecule has 0 spiro atoms. The number of halogens is 1. The van der Waals surface area contributed by atoms with Crippen LogP contribution in [0.1, 0.15) is 24.2 Å². The fourth-order valence-corrected chi connectivity index (χ4v) is 2.12. The minimum Gasteiger partial charge on any atom is -0.356 e. The zero-order chi connectivity index (χ0) is 15.2. The van der Waals surface area contributed by atoms with Crippen LogP contribution >= 0.6 is 11.6 Å². The largest absolute Gasteiger partial charge is 0.356 e. The van der Waals surface area contributed by atoms with E-state index in [1.807, 2.05) is 6.07 Å². The van der Waals surface area contributed by atoms with Gasteiger partial charge in [0.1, 0.15) is 0 Å². The van der Waals surface area contributed by atoms with Gasteiger partial charge in [-0.1, -0.05) is 17.7 Å². The van der Waals surface area contributed by atoms with E-state index in [1.54, 1.807) is 30.3 Å². The number of hydrogen-bond donors (Lipinski definition) is 1. The highest BCUT2D eigenvalue weighted by atomic mass is 35.5. The Balaban J connectivity index is 2.08. The van der Waals surface area contributed by atoms with Gasteiger partial charge in [0.25, 0.3) is 5.91 Å². The molecule has 0 saturated heterocycles. The molecule has 2 rings (SSSR count). The molecule has 0 bridgehead atoms. The number of hydrogen-bond acceptors (Lipinski definition) is 4. The van der Waals surface area contributed by atoms with Gasteiger partial charge >= 0.3 is 0 Å². The third-order valence-corrected chi connectivity index (χ3v) is 3.30. The molecule has 2 aromatic rings. The van der Waals surface area contributed by atoms with Crippen molar-refractivity contribution in [2.24, 2.45) is 0 Å². The molecule has 1 N–H and O–H groups in total. The average Bonchev–Trinajstić information content (AvgIpc) is 2.50. The molecule has 0 aliphatic heterocycles. The van der Waals surface area contributed by atoms with Gasteiger partial charge in [0, 0.05) is 23.7 Å². The van der Waals surface area contributed by atoms with Gasteiger partial charge in [-0.05, 0) is 44.2 Å². The lowest BCUT2D eigenvalue weighted by molar-refractivity contribution is 0.102. The minimum atomic E-state index is -0.262. The van der Waals surface area contributed by atoms with E-state index in [9.17, 15) is 4.79 Å². The van der Waals surface area contributed by atoms with E-state index in [-0.39, 0.29) is 5.91 Å². The third kappa shape index (κ3) is 3.92. The van der Waals surface area contributed by atoms with Crippen LogP contribution in [0.2, 0.25) is 5.02 Å². The molecule has 0 atom stereocenters. The van der Waals surface area contributed by atoms with Crippen molar-refractivity contribution in [1.29, 1.82) is 0 Å². The van der Waals surface area contributed by atoms with Crippen molar-refractivity contribution >= 4 is 29.1 Å². The molecule has 0 unspecified atom stereocenters. The zero-order valence-corrected chi connectivity index (χ0v) is 12.8. The van der Waals surface area contributed by atoms with Crippen LogP contribution in [-0.2, 0) is 0 Å². The van der Waals surface area contributed by atoms with Crippen LogP contribution in [-0.4, -0.2) is 29.2 Å². The van der Waals surface area contributed by atoms with Crippen molar-refractivity contribution in [1.82, 2.24) is 10.2 Å². The fraction of sp³-hybridized carbons (Fsp3) is 0.267. The number of carbonyl (C=O) groups is 1. The van der Waals surface area contributed by atoms with Crippen molar-refractivity contribution in [3.63, 3.8) is 0 Å². The van der Waals surface area contributed by atoms with E-state index in [4.69, 9.17) is 11.6 Å². The highest BCUT2D eigenvalue weighted by molar-refractivity contribution is 6.31. The highest BCUT2D eigenvalue weighted by Gasteiger charge is 2.09. The zero-order valence-electron chi connectivity index (χ0n) is 12.0. The number of nitrogens with zero attached hydrogens (tertiary/aromatic N) is 3. The summed E-state index contributed by atoms with van der Waals surface area (Å²) in [5.74, 6) is 0.944. The Morgan fingerprint density at radius 1 is 1.19 bits per heavy atom. The number of benzene rings is 1. The summed E-state index contributed by atoms with van der Waals surface area (Å²) < 4.78 is 0. The minimum absolute atomic E-state index is 0.262. The first-order chi connectivity index (χ1) is 10.1.